The van der Waals surface area contributed by atoms with Crippen molar-refractivity contribution in [3.8, 4) is 0 Å². The molecule has 0 unspecified atom stereocenters. The Morgan fingerprint density at radius 3 is 2.79 bits per heavy atom. The molecule has 0 radical (unpaired) electrons. The van der Waals surface area contributed by atoms with Crippen LogP contribution in [0.2, 0.25) is 0 Å². The molecule has 0 fully saturated rings. The lowest BCUT2D eigenvalue weighted by molar-refractivity contribution is 0.589. The van der Waals surface area contributed by atoms with Crippen molar-refractivity contribution in [3.63, 3.8) is 0 Å². The predicted molar refractivity (Wildman–Crippen MR) is 47.7 cm³/mol. The van der Waals surface area contributed by atoms with Gasteiger partial charge in [-0.25, -0.2) is 18.5 Å². The summed E-state index contributed by atoms with van der Waals surface area (Å²) >= 11 is 0. The van der Waals surface area contributed by atoms with Crippen LogP contribution in [0.1, 0.15) is 0 Å². The lowest BCUT2D eigenvalue weighted by Crippen LogP contribution is -2.16. The third-order valence-electron chi connectivity index (χ3n) is 1.70. The molecule has 8 heteroatoms. The zero-order valence-corrected chi connectivity index (χ0v) is 8.06. The van der Waals surface area contributed by atoms with Crippen LogP contribution in [0.5, 0.6) is 0 Å². The van der Waals surface area contributed by atoms with E-state index in [-0.39, 0.29) is 0 Å². The number of aromatic nitrogens is 4. The number of rotatable bonds is 1. The van der Waals surface area contributed by atoms with Crippen LogP contribution in [0.15, 0.2) is 17.6 Å². The van der Waals surface area contributed by atoms with Gasteiger partial charge in [0.2, 0.25) is 0 Å². The van der Waals surface area contributed by atoms with Crippen LogP contribution in [0.25, 0.3) is 11.0 Å². The quantitative estimate of drug-likeness (QED) is 0.612. The molecule has 0 saturated heterocycles. The summed E-state index contributed by atoms with van der Waals surface area (Å²) in [7, 11) is -2.20. The van der Waals surface area contributed by atoms with Crippen LogP contribution in [0.4, 0.5) is 0 Å². The Hall–Kier alpha value is -1.54. The molecule has 2 aromatic heterocycles. The van der Waals surface area contributed by atoms with Crippen molar-refractivity contribution in [2.24, 2.45) is 12.2 Å². The van der Waals surface area contributed by atoms with Crippen molar-refractivity contribution in [1.82, 2.24) is 19.7 Å². The van der Waals surface area contributed by atoms with E-state index in [1.807, 2.05) is 0 Å². The van der Waals surface area contributed by atoms with Crippen LogP contribution < -0.4 is 5.14 Å². The Labute approximate surface area is 79.6 Å². The Morgan fingerprint density at radius 2 is 2.14 bits per heavy atom. The number of sulfonamides is 1. The highest BCUT2D eigenvalue weighted by Crippen LogP contribution is 2.09. The minimum Gasteiger partial charge on any atom is -0.250 e. The summed E-state index contributed by atoms with van der Waals surface area (Å²) in [5.74, 6) is 0. The highest BCUT2D eigenvalue weighted by atomic mass is 32.2. The lowest BCUT2D eigenvalue weighted by Gasteiger charge is -1.96. The van der Waals surface area contributed by atoms with E-state index >= 15 is 0 Å². The van der Waals surface area contributed by atoms with Crippen LogP contribution in [0, 0.1) is 0 Å². The van der Waals surface area contributed by atoms with Crippen molar-refractivity contribution < 1.29 is 8.42 Å². The first-order chi connectivity index (χ1) is 6.48. The largest absolute Gasteiger partial charge is 0.273 e. The second-order valence-electron chi connectivity index (χ2n) is 2.74. The third kappa shape index (κ3) is 1.34. The zero-order chi connectivity index (χ0) is 10.3. The number of fused-ring (bicyclic) bond motifs is 1. The molecule has 2 rings (SSSR count). The summed E-state index contributed by atoms with van der Waals surface area (Å²) in [6.45, 7) is 0. The van der Waals surface area contributed by atoms with Gasteiger partial charge in [-0.05, 0) is 0 Å². The van der Waals surface area contributed by atoms with E-state index in [0.29, 0.717) is 11.0 Å². The van der Waals surface area contributed by atoms with Gasteiger partial charge in [-0.2, -0.15) is 10.1 Å². The Balaban J connectivity index is 2.79. The number of nitrogens with two attached hydrogens (primary N) is 1. The van der Waals surface area contributed by atoms with Crippen molar-refractivity contribution in [2.75, 3.05) is 0 Å². The molecular weight excluding hydrogens is 206 g/mol. The fourth-order valence-electron chi connectivity index (χ4n) is 1.06. The maximum Gasteiger partial charge on any atom is 0.273 e. The van der Waals surface area contributed by atoms with Gasteiger partial charge >= 0.3 is 0 Å². The Morgan fingerprint density at radius 1 is 1.43 bits per heavy atom. The van der Waals surface area contributed by atoms with Crippen LogP contribution in [0.3, 0.4) is 0 Å². The summed E-state index contributed by atoms with van der Waals surface area (Å²) in [5.41, 5.74) is 0.434. The average molecular weight is 213 g/mol. The molecule has 0 aliphatic rings. The van der Waals surface area contributed by atoms with Crippen molar-refractivity contribution in [2.45, 2.75) is 5.16 Å². The molecular formula is C6H7N5O2S. The monoisotopic (exact) mass is 213 g/mol. The second-order valence-corrected chi connectivity index (χ2v) is 4.20. The fourth-order valence-corrected chi connectivity index (χ4v) is 1.47. The first kappa shape index (κ1) is 9.03. The first-order valence-electron chi connectivity index (χ1n) is 3.66. The Bertz CT molecular complexity index is 587. The average Bonchev–Trinajstić information content (AvgIpc) is 2.46. The summed E-state index contributed by atoms with van der Waals surface area (Å²) in [6, 6.07) is 0. The zero-order valence-electron chi connectivity index (χ0n) is 7.25. The number of hydrogen-bond acceptors (Lipinski definition) is 5. The van der Waals surface area contributed by atoms with Gasteiger partial charge in [-0.15, -0.1) is 0 Å². The molecule has 7 nitrogen and oxygen atoms in total. The van der Waals surface area contributed by atoms with Crippen molar-refractivity contribution in [1.29, 1.82) is 0 Å². The fraction of sp³-hybridized carbons (Fsp3) is 0.167. The number of hydrogen-bond donors (Lipinski definition) is 1. The standard InChI is InChI=1S/C6H7N5O2S/c1-11-5-4(3-9-11)2-8-6(10-5)14(7,12)13/h2-3H,1H3,(H2,7,12,13). The molecule has 2 heterocycles. The minimum atomic E-state index is -3.85. The van der Waals surface area contributed by atoms with E-state index in [0.717, 1.165) is 0 Å². The molecule has 0 aromatic carbocycles. The summed E-state index contributed by atoms with van der Waals surface area (Å²) in [5, 5.41) is 9.05. The topological polar surface area (TPSA) is 104 Å². The van der Waals surface area contributed by atoms with Gasteiger partial charge in [-0.3, -0.25) is 4.68 Å². The van der Waals surface area contributed by atoms with E-state index in [4.69, 9.17) is 5.14 Å². The smallest absolute Gasteiger partial charge is 0.250 e. The van der Waals surface area contributed by atoms with Gasteiger partial charge in [0.1, 0.15) is 0 Å². The van der Waals surface area contributed by atoms with Crippen LogP contribution in [-0.4, -0.2) is 28.2 Å². The van der Waals surface area contributed by atoms with Crippen molar-refractivity contribution in [3.05, 3.63) is 12.4 Å². The molecule has 0 spiro atoms. The summed E-state index contributed by atoms with van der Waals surface area (Å²) in [4.78, 5) is 7.40. The van der Waals surface area contributed by atoms with E-state index in [1.54, 1.807) is 13.2 Å². The van der Waals surface area contributed by atoms with E-state index in [2.05, 4.69) is 15.1 Å². The predicted octanol–water partition coefficient (Wildman–Crippen LogP) is -0.989. The molecule has 2 N–H and O–H groups in total. The molecule has 0 aliphatic carbocycles. The van der Waals surface area contributed by atoms with E-state index < -0.39 is 15.2 Å². The van der Waals surface area contributed by atoms with E-state index in [9.17, 15) is 8.42 Å². The summed E-state index contributed by atoms with van der Waals surface area (Å²) < 4.78 is 23.3. The van der Waals surface area contributed by atoms with Crippen LogP contribution in [-0.2, 0) is 17.1 Å². The number of primary sulfonamides is 1. The highest BCUT2D eigenvalue weighted by Gasteiger charge is 2.13. The molecule has 0 bridgehead atoms. The molecule has 0 saturated carbocycles. The molecule has 2 aromatic rings. The molecule has 0 amide bonds. The number of aryl methyl sites for hydroxylation is 1. The summed E-state index contributed by atoms with van der Waals surface area (Å²) in [6.07, 6.45) is 2.91. The van der Waals surface area contributed by atoms with Crippen LogP contribution >= 0.6 is 0 Å². The Kier molecular flexibility index (Phi) is 1.76. The van der Waals surface area contributed by atoms with Crippen molar-refractivity contribution >= 4 is 21.1 Å². The maximum atomic E-state index is 10.9. The lowest BCUT2D eigenvalue weighted by atomic mass is 10.4. The highest BCUT2D eigenvalue weighted by molar-refractivity contribution is 7.89. The van der Waals surface area contributed by atoms with Gasteiger partial charge in [0, 0.05) is 13.2 Å². The van der Waals surface area contributed by atoms with Gasteiger partial charge in [0.15, 0.2) is 5.65 Å². The third-order valence-corrected chi connectivity index (χ3v) is 2.41. The van der Waals surface area contributed by atoms with Gasteiger partial charge in [0.05, 0.1) is 11.6 Å². The normalized spacial score (nSPS) is 12.1. The van der Waals surface area contributed by atoms with E-state index in [1.165, 1.54) is 10.9 Å². The van der Waals surface area contributed by atoms with Gasteiger partial charge in [0.25, 0.3) is 15.2 Å². The first-order valence-corrected chi connectivity index (χ1v) is 5.20. The molecule has 0 atom stereocenters. The molecule has 14 heavy (non-hydrogen) atoms. The molecule has 74 valence electrons. The van der Waals surface area contributed by atoms with Gasteiger partial charge < -0.3 is 0 Å². The second kappa shape index (κ2) is 2.72. The minimum absolute atomic E-state index is 0.395. The number of nitrogens with zero attached hydrogens (tertiary/aromatic N) is 4. The SMILES string of the molecule is Cn1ncc2cnc(S(N)(=O)=O)nc21. The maximum absolute atomic E-state index is 10.9. The molecule has 0 aliphatic heterocycles. The van der Waals surface area contributed by atoms with Gasteiger partial charge in [-0.1, -0.05) is 0 Å².